The van der Waals surface area contributed by atoms with E-state index in [9.17, 15) is 4.79 Å². The number of rotatable bonds is 3. The van der Waals surface area contributed by atoms with Crippen molar-refractivity contribution < 1.29 is 14.3 Å². The predicted molar refractivity (Wildman–Crippen MR) is 64.1 cm³/mol. The molecule has 0 bridgehead atoms. The van der Waals surface area contributed by atoms with Gasteiger partial charge < -0.3 is 9.52 Å². The Labute approximate surface area is 101 Å². The van der Waals surface area contributed by atoms with Crippen molar-refractivity contribution in [1.29, 1.82) is 0 Å². The smallest absolute Gasteiger partial charge is 0.371 e. The van der Waals surface area contributed by atoms with Crippen molar-refractivity contribution in [1.82, 2.24) is 4.90 Å². The number of carboxylic acid groups (broad SMARTS) is 1. The number of hydrogen-bond donors (Lipinski definition) is 1. The molecule has 4 nitrogen and oxygen atoms in total. The van der Waals surface area contributed by atoms with Crippen LogP contribution < -0.4 is 0 Å². The normalized spacial score (nSPS) is 21.6. The van der Waals surface area contributed by atoms with Crippen molar-refractivity contribution >= 4 is 5.97 Å². The molecule has 94 valence electrons. The molecule has 0 saturated carbocycles. The van der Waals surface area contributed by atoms with Crippen LogP contribution >= 0.6 is 0 Å². The molecule has 0 aliphatic carbocycles. The topological polar surface area (TPSA) is 53.7 Å². The Morgan fingerprint density at radius 3 is 3.00 bits per heavy atom. The third kappa shape index (κ3) is 2.88. The first-order valence-corrected chi connectivity index (χ1v) is 6.11. The summed E-state index contributed by atoms with van der Waals surface area (Å²) in [6.45, 7) is 7.07. The van der Waals surface area contributed by atoms with Crippen molar-refractivity contribution in [3.05, 3.63) is 23.2 Å². The number of nitrogens with zero attached hydrogens (tertiary/aromatic N) is 1. The summed E-state index contributed by atoms with van der Waals surface area (Å²) in [5.74, 6) is 0.504. The monoisotopic (exact) mass is 237 g/mol. The zero-order valence-corrected chi connectivity index (χ0v) is 10.4. The third-order valence-corrected chi connectivity index (χ3v) is 3.37. The van der Waals surface area contributed by atoms with Gasteiger partial charge in [0.2, 0.25) is 5.76 Å². The summed E-state index contributed by atoms with van der Waals surface area (Å²) in [5, 5.41) is 8.86. The van der Waals surface area contributed by atoms with Gasteiger partial charge in [0, 0.05) is 18.7 Å². The third-order valence-electron chi connectivity index (χ3n) is 3.37. The Hall–Kier alpha value is -1.29. The van der Waals surface area contributed by atoms with Gasteiger partial charge in [0.25, 0.3) is 0 Å². The van der Waals surface area contributed by atoms with Crippen molar-refractivity contribution in [3.63, 3.8) is 0 Å². The SMILES string of the molecule is Cc1oc(C(=O)O)cc1CN1CCCC(C)C1. The molecule has 1 aliphatic heterocycles. The highest BCUT2D eigenvalue weighted by molar-refractivity contribution is 5.84. The number of aromatic carboxylic acids is 1. The largest absolute Gasteiger partial charge is 0.475 e. The highest BCUT2D eigenvalue weighted by Gasteiger charge is 2.19. The van der Waals surface area contributed by atoms with Gasteiger partial charge in [0.05, 0.1) is 0 Å². The van der Waals surface area contributed by atoms with Crippen LogP contribution in [0.5, 0.6) is 0 Å². The molecule has 0 amide bonds. The van der Waals surface area contributed by atoms with Crippen molar-refractivity contribution in [2.75, 3.05) is 13.1 Å². The minimum absolute atomic E-state index is 0.0440. The minimum Gasteiger partial charge on any atom is -0.475 e. The number of carbonyl (C=O) groups is 1. The molecule has 17 heavy (non-hydrogen) atoms. The number of hydrogen-bond acceptors (Lipinski definition) is 3. The van der Waals surface area contributed by atoms with E-state index in [1.165, 1.54) is 12.8 Å². The summed E-state index contributed by atoms with van der Waals surface area (Å²) >= 11 is 0. The lowest BCUT2D eigenvalue weighted by atomic mass is 10.00. The van der Waals surface area contributed by atoms with Gasteiger partial charge in [-0.15, -0.1) is 0 Å². The van der Waals surface area contributed by atoms with Gasteiger partial charge in [-0.1, -0.05) is 6.92 Å². The number of aryl methyl sites for hydroxylation is 1. The standard InChI is InChI=1S/C13H19NO3/c1-9-4-3-5-14(7-9)8-11-6-12(13(15)16)17-10(11)2/h6,9H,3-5,7-8H2,1-2H3,(H,15,16). The molecule has 2 heterocycles. The molecule has 1 N–H and O–H groups in total. The molecule has 0 radical (unpaired) electrons. The van der Waals surface area contributed by atoms with E-state index in [-0.39, 0.29) is 5.76 Å². The predicted octanol–water partition coefficient (Wildman–Crippen LogP) is 2.52. The van der Waals surface area contributed by atoms with Crippen LogP contribution in [0.2, 0.25) is 0 Å². The van der Waals surface area contributed by atoms with E-state index in [0.717, 1.165) is 36.9 Å². The van der Waals surface area contributed by atoms with Crippen LogP contribution in [0.15, 0.2) is 10.5 Å². The quantitative estimate of drug-likeness (QED) is 0.877. The number of carboxylic acids is 1. The van der Waals surface area contributed by atoms with Gasteiger partial charge >= 0.3 is 5.97 Å². The zero-order valence-electron chi connectivity index (χ0n) is 10.4. The maximum Gasteiger partial charge on any atom is 0.371 e. The van der Waals surface area contributed by atoms with Gasteiger partial charge in [-0.05, 0) is 38.3 Å². The van der Waals surface area contributed by atoms with Gasteiger partial charge in [0.1, 0.15) is 5.76 Å². The molecule has 1 aromatic rings. The maximum atomic E-state index is 10.8. The molecule has 0 spiro atoms. The summed E-state index contributed by atoms with van der Waals surface area (Å²) in [7, 11) is 0. The molecule has 2 rings (SSSR count). The first kappa shape index (κ1) is 12.2. The highest BCUT2D eigenvalue weighted by atomic mass is 16.4. The Bertz CT molecular complexity index is 411. The Morgan fingerprint density at radius 1 is 1.65 bits per heavy atom. The Balaban J connectivity index is 2.05. The second-order valence-electron chi connectivity index (χ2n) is 4.98. The molecule has 1 aliphatic rings. The second kappa shape index (κ2) is 4.92. The maximum absolute atomic E-state index is 10.8. The fraction of sp³-hybridized carbons (Fsp3) is 0.615. The van der Waals surface area contributed by atoms with E-state index in [1.807, 2.05) is 6.92 Å². The highest BCUT2D eigenvalue weighted by Crippen LogP contribution is 2.21. The molecule has 1 fully saturated rings. The second-order valence-corrected chi connectivity index (χ2v) is 4.98. The first-order chi connectivity index (χ1) is 8.06. The lowest BCUT2D eigenvalue weighted by molar-refractivity contribution is 0.0661. The van der Waals surface area contributed by atoms with Crippen LogP contribution in [-0.4, -0.2) is 29.1 Å². The molecule has 0 aromatic carbocycles. The van der Waals surface area contributed by atoms with E-state index in [0.29, 0.717) is 0 Å². The zero-order chi connectivity index (χ0) is 12.4. The fourth-order valence-electron chi connectivity index (χ4n) is 2.45. The van der Waals surface area contributed by atoms with Gasteiger partial charge in [-0.2, -0.15) is 0 Å². The molecular formula is C13H19NO3. The van der Waals surface area contributed by atoms with E-state index < -0.39 is 5.97 Å². The lowest BCUT2D eigenvalue weighted by Crippen LogP contribution is -2.33. The van der Waals surface area contributed by atoms with Crippen LogP contribution in [0.1, 0.15) is 41.6 Å². The van der Waals surface area contributed by atoms with Gasteiger partial charge in [0.15, 0.2) is 0 Å². The summed E-state index contributed by atoms with van der Waals surface area (Å²) in [6, 6.07) is 1.65. The number of likely N-dealkylation sites (tertiary alicyclic amines) is 1. The van der Waals surface area contributed by atoms with E-state index >= 15 is 0 Å². The first-order valence-electron chi connectivity index (χ1n) is 6.11. The molecule has 1 unspecified atom stereocenters. The summed E-state index contributed by atoms with van der Waals surface area (Å²) in [4.78, 5) is 13.2. The van der Waals surface area contributed by atoms with E-state index in [1.54, 1.807) is 6.07 Å². The Morgan fingerprint density at radius 2 is 2.41 bits per heavy atom. The molecule has 1 atom stereocenters. The van der Waals surface area contributed by atoms with Crippen LogP contribution in [0.25, 0.3) is 0 Å². The van der Waals surface area contributed by atoms with Crippen LogP contribution in [0, 0.1) is 12.8 Å². The van der Waals surface area contributed by atoms with Crippen LogP contribution in [0.3, 0.4) is 0 Å². The molecular weight excluding hydrogens is 218 g/mol. The summed E-state index contributed by atoms with van der Waals surface area (Å²) in [6.07, 6.45) is 2.52. The van der Waals surface area contributed by atoms with E-state index in [2.05, 4.69) is 11.8 Å². The van der Waals surface area contributed by atoms with Crippen LogP contribution in [0.4, 0.5) is 0 Å². The lowest BCUT2D eigenvalue weighted by Gasteiger charge is -2.30. The van der Waals surface area contributed by atoms with Crippen molar-refractivity contribution in [3.8, 4) is 0 Å². The average molecular weight is 237 g/mol. The average Bonchev–Trinajstić information content (AvgIpc) is 2.61. The summed E-state index contributed by atoms with van der Waals surface area (Å²) < 4.78 is 5.22. The van der Waals surface area contributed by atoms with Gasteiger partial charge in [-0.3, -0.25) is 4.90 Å². The Kier molecular flexibility index (Phi) is 3.52. The number of piperidine rings is 1. The fourth-order valence-corrected chi connectivity index (χ4v) is 2.45. The summed E-state index contributed by atoms with van der Waals surface area (Å²) in [5.41, 5.74) is 0.997. The van der Waals surface area contributed by atoms with Crippen LogP contribution in [-0.2, 0) is 6.54 Å². The minimum atomic E-state index is -0.994. The number of furan rings is 1. The molecule has 1 aromatic heterocycles. The molecule has 1 saturated heterocycles. The van der Waals surface area contributed by atoms with Crippen molar-refractivity contribution in [2.24, 2.45) is 5.92 Å². The van der Waals surface area contributed by atoms with Crippen molar-refractivity contribution in [2.45, 2.75) is 33.2 Å². The van der Waals surface area contributed by atoms with Gasteiger partial charge in [-0.25, -0.2) is 4.79 Å². The molecule has 4 heteroatoms. The van der Waals surface area contributed by atoms with E-state index in [4.69, 9.17) is 9.52 Å².